The molecule has 14 heavy (non-hydrogen) atoms. The normalized spacial score (nSPS) is 24.8. The molecule has 0 aromatic carbocycles. The molecule has 74 valence electrons. The first-order valence-corrected chi connectivity index (χ1v) is 5.22. The molecule has 1 fully saturated rings. The molecule has 1 aromatic heterocycles. The van der Waals surface area contributed by atoms with Gasteiger partial charge in [0.15, 0.2) is 0 Å². The molecule has 0 radical (unpaired) electrons. The van der Waals surface area contributed by atoms with Gasteiger partial charge in [-0.15, -0.1) is 0 Å². The van der Waals surface area contributed by atoms with Gasteiger partial charge in [0.25, 0.3) is 0 Å². The third-order valence-corrected chi connectivity index (χ3v) is 3.27. The van der Waals surface area contributed by atoms with Crippen molar-refractivity contribution in [2.45, 2.75) is 27.2 Å². The highest BCUT2D eigenvalue weighted by atomic mass is 14.7. The SMILES string of the molecule is C=C(c1cnc(C)c(C)c1)C1CC1C. The zero-order valence-electron chi connectivity index (χ0n) is 9.17. The molecule has 0 amide bonds. The highest BCUT2D eigenvalue weighted by Crippen LogP contribution is 2.46. The highest BCUT2D eigenvalue weighted by molar-refractivity contribution is 5.67. The Morgan fingerprint density at radius 2 is 2.14 bits per heavy atom. The summed E-state index contributed by atoms with van der Waals surface area (Å²) in [4.78, 5) is 4.37. The lowest BCUT2D eigenvalue weighted by Gasteiger charge is -2.06. The molecule has 2 unspecified atom stereocenters. The Bertz CT molecular complexity index is 379. The second-order valence-electron chi connectivity index (χ2n) is 4.47. The topological polar surface area (TPSA) is 12.9 Å². The first-order chi connectivity index (χ1) is 6.59. The monoisotopic (exact) mass is 187 g/mol. The Morgan fingerprint density at radius 1 is 1.50 bits per heavy atom. The molecule has 0 saturated heterocycles. The number of aryl methyl sites for hydroxylation is 2. The molecular formula is C13H17N. The molecule has 0 bridgehead atoms. The van der Waals surface area contributed by atoms with Crippen molar-refractivity contribution in [1.29, 1.82) is 0 Å². The van der Waals surface area contributed by atoms with Crippen LogP contribution in [0.3, 0.4) is 0 Å². The molecule has 0 aliphatic heterocycles. The molecule has 1 saturated carbocycles. The lowest BCUT2D eigenvalue weighted by atomic mass is 10.0. The fraction of sp³-hybridized carbons (Fsp3) is 0.462. The van der Waals surface area contributed by atoms with Crippen molar-refractivity contribution in [3.63, 3.8) is 0 Å². The molecule has 2 atom stereocenters. The van der Waals surface area contributed by atoms with Gasteiger partial charge in [0, 0.05) is 11.9 Å². The number of hydrogen-bond donors (Lipinski definition) is 0. The van der Waals surface area contributed by atoms with Gasteiger partial charge in [0.05, 0.1) is 0 Å². The van der Waals surface area contributed by atoms with E-state index >= 15 is 0 Å². The Kier molecular flexibility index (Phi) is 2.18. The van der Waals surface area contributed by atoms with E-state index in [4.69, 9.17) is 0 Å². The van der Waals surface area contributed by atoms with Crippen LogP contribution in [0.1, 0.15) is 30.2 Å². The van der Waals surface area contributed by atoms with Crippen molar-refractivity contribution in [3.05, 3.63) is 35.7 Å². The van der Waals surface area contributed by atoms with Crippen LogP contribution in [0.15, 0.2) is 18.8 Å². The second kappa shape index (κ2) is 3.23. The van der Waals surface area contributed by atoms with Gasteiger partial charge in [-0.05, 0) is 54.9 Å². The third kappa shape index (κ3) is 1.59. The van der Waals surface area contributed by atoms with E-state index in [1.807, 2.05) is 13.1 Å². The Hall–Kier alpha value is -1.11. The Balaban J connectivity index is 2.24. The van der Waals surface area contributed by atoms with E-state index in [9.17, 15) is 0 Å². The van der Waals surface area contributed by atoms with Gasteiger partial charge < -0.3 is 0 Å². The van der Waals surface area contributed by atoms with Gasteiger partial charge in [0.2, 0.25) is 0 Å². The smallest absolute Gasteiger partial charge is 0.0402 e. The van der Waals surface area contributed by atoms with E-state index in [1.165, 1.54) is 23.1 Å². The summed E-state index contributed by atoms with van der Waals surface area (Å²) in [5.74, 6) is 1.53. The van der Waals surface area contributed by atoms with Crippen molar-refractivity contribution in [2.75, 3.05) is 0 Å². The number of allylic oxidation sites excluding steroid dienone is 1. The van der Waals surface area contributed by atoms with Crippen molar-refractivity contribution in [2.24, 2.45) is 11.8 Å². The largest absolute Gasteiger partial charge is 0.261 e. The minimum absolute atomic E-state index is 0.707. The van der Waals surface area contributed by atoms with E-state index in [1.54, 1.807) is 0 Å². The first-order valence-electron chi connectivity index (χ1n) is 5.22. The number of pyridine rings is 1. The van der Waals surface area contributed by atoms with Crippen molar-refractivity contribution in [3.8, 4) is 0 Å². The summed E-state index contributed by atoms with van der Waals surface area (Å²) in [5.41, 5.74) is 4.87. The van der Waals surface area contributed by atoms with E-state index in [0.29, 0.717) is 5.92 Å². The Labute approximate surface area is 85.9 Å². The predicted octanol–water partition coefficient (Wildman–Crippen LogP) is 3.37. The van der Waals surface area contributed by atoms with E-state index in [2.05, 4.69) is 31.5 Å². The molecule has 0 spiro atoms. The van der Waals surface area contributed by atoms with Gasteiger partial charge in [0.1, 0.15) is 0 Å². The summed E-state index contributed by atoms with van der Waals surface area (Å²) >= 11 is 0. The number of rotatable bonds is 2. The molecule has 1 heteroatoms. The highest BCUT2D eigenvalue weighted by Gasteiger charge is 2.35. The van der Waals surface area contributed by atoms with E-state index in [-0.39, 0.29) is 0 Å². The van der Waals surface area contributed by atoms with Gasteiger partial charge in [-0.25, -0.2) is 0 Å². The number of nitrogens with zero attached hydrogens (tertiary/aromatic N) is 1. The summed E-state index contributed by atoms with van der Waals surface area (Å²) in [6.45, 7) is 10.6. The lowest BCUT2D eigenvalue weighted by molar-refractivity contribution is 0.911. The lowest BCUT2D eigenvalue weighted by Crippen LogP contribution is -1.92. The molecular weight excluding hydrogens is 170 g/mol. The Morgan fingerprint density at radius 3 is 2.64 bits per heavy atom. The minimum atomic E-state index is 0.707. The van der Waals surface area contributed by atoms with Crippen LogP contribution in [0.2, 0.25) is 0 Å². The van der Waals surface area contributed by atoms with E-state index in [0.717, 1.165) is 11.6 Å². The molecule has 0 N–H and O–H groups in total. The van der Waals surface area contributed by atoms with Crippen LogP contribution in [-0.2, 0) is 0 Å². The molecule has 1 nitrogen and oxygen atoms in total. The number of hydrogen-bond acceptors (Lipinski definition) is 1. The summed E-state index contributed by atoms with van der Waals surface area (Å²) in [7, 11) is 0. The van der Waals surface area contributed by atoms with Crippen LogP contribution in [0.5, 0.6) is 0 Å². The quantitative estimate of drug-likeness (QED) is 0.691. The van der Waals surface area contributed by atoms with Gasteiger partial charge in [-0.2, -0.15) is 0 Å². The van der Waals surface area contributed by atoms with Gasteiger partial charge in [-0.1, -0.05) is 13.5 Å². The second-order valence-corrected chi connectivity index (χ2v) is 4.47. The maximum Gasteiger partial charge on any atom is 0.0402 e. The molecule has 1 aliphatic carbocycles. The summed E-state index contributed by atoms with van der Waals surface area (Å²) in [5, 5.41) is 0. The van der Waals surface area contributed by atoms with Crippen LogP contribution >= 0.6 is 0 Å². The van der Waals surface area contributed by atoms with Gasteiger partial charge >= 0.3 is 0 Å². The fourth-order valence-electron chi connectivity index (χ4n) is 1.84. The van der Waals surface area contributed by atoms with Crippen molar-refractivity contribution in [1.82, 2.24) is 4.98 Å². The van der Waals surface area contributed by atoms with Gasteiger partial charge in [-0.3, -0.25) is 4.98 Å². The maximum absolute atomic E-state index is 4.37. The summed E-state index contributed by atoms with van der Waals surface area (Å²) < 4.78 is 0. The average molecular weight is 187 g/mol. The standard InChI is InChI=1S/C13H17N/c1-8-5-12(7-14-11(8)4)10(3)13-6-9(13)2/h5,7,9,13H,3,6H2,1-2,4H3. The van der Waals surface area contributed by atoms with Crippen LogP contribution in [-0.4, -0.2) is 4.98 Å². The summed E-state index contributed by atoms with van der Waals surface area (Å²) in [6, 6.07) is 2.20. The zero-order valence-corrected chi connectivity index (χ0v) is 9.17. The minimum Gasteiger partial charge on any atom is -0.261 e. The van der Waals surface area contributed by atoms with Crippen LogP contribution in [0, 0.1) is 25.7 Å². The van der Waals surface area contributed by atoms with E-state index < -0.39 is 0 Å². The zero-order chi connectivity index (χ0) is 10.3. The molecule has 2 rings (SSSR count). The van der Waals surface area contributed by atoms with Crippen LogP contribution in [0.4, 0.5) is 0 Å². The predicted molar refractivity (Wildman–Crippen MR) is 60.0 cm³/mol. The number of aromatic nitrogens is 1. The fourth-order valence-corrected chi connectivity index (χ4v) is 1.84. The first kappa shape index (κ1) is 9.45. The maximum atomic E-state index is 4.37. The van der Waals surface area contributed by atoms with Crippen LogP contribution < -0.4 is 0 Å². The average Bonchev–Trinajstić information content (AvgIpc) is 2.86. The molecule has 1 aliphatic rings. The molecule has 1 aromatic rings. The molecule has 1 heterocycles. The van der Waals surface area contributed by atoms with Crippen molar-refractivity contribution >= 4 is 5.57 Å². The summed E-state index contributed by atoms with van der Waals surface area (Å²) in [6.07, 6.45) is 3.25. The van der Waals surface area contributed by atoms with Crippen molar-refractivity contribution < 1.29 is 0 Å². The van der Waals surface area contributed by atoms with Crippen LogP contribution in [0.25, 0.3) is 5.57 Å². The third-order valence-electron chi connectivity index (χ3n) is 3.27.